The van der Waals surface area contributed by atoms with Crippen LogP contribution in [0.2, 0.25) is 15.1 Å². The van der Waals surface area contributed by atoms with Crippen LogP contribution in [0.25, 0.3) is 0 Å². The van der Waals surface area contributed by atoms with Crippen molar-refractivity contribution in [2.45, 2.75) is 52.2 Å². The van der Waals surface area contributed by atoms with Crippen molar-refractivity contribution in [1.29, 1.82) is 0 Å². The van der Waals surface area contributed by atoms with Crippen LogP contribution in [0.5, 0.6) is 0 Å². The molecule has 35 heavy (non-hydrogen) atoms. The maximum absolute atomic E-state index is 13.7. The molecule has 0 aromatic heterocycles. The molecular weight excluding hydrogens is 533 g/mol. The molecule has 1 N–H and O–H groups in total. The molecule has 2 rings (SSSR count). The van der Waals surface area contributed by atoms with Gasteiger partial charge < -0.3 is 10.2 Å². The van der Waals surface area contributed by atoms with Crippen molar-refractivity contribution in [3.8, 4) is 0 Å². The van der Waals surface area contributed by atoms with Crippen LogP contribution in [-0.2, 0) is 26.2 Å². The van der Waals surface area contributed by atoms with Gasteiger partial charge in [-0.15, -0.1) is 0 Å². The second-order valence-electron chi connectivity index (χ2n) is 9.13. The van der Waals surface area contributed by atoms with E-state index in [0.29, 0.717) is 20.6 Å². The SMILES string of the molecule is CC[C@@H](C(=O)NC(C)(C)C)N(Cc1c(Cl)cccc1Cl)C(=O)CN(c1ccc(Cl)cc1)S(C)(=O)=O. The molecule has 0 saturated carbocycles. The smallest absolute Gasteiger partial charge is 0.244 e. The topological polar surface area (TPSA) is 86.8 Å². The Balaban J connectivity index is 2.51. The van der Waals surface area contributed by atoms with E-state index in [4.69, 9.17) is 34.8 Å². The van der Waals surface area contributed by atoms with Gasteiger partial charge in [0.15, 0.2) is 0 Å². The Morgan fingerprint density at radius 3 is 2.00 bits per heavy atom. The third-order valence-electron chi connectivity index (χ3n) is 5.07. The molecule has 2 aromatic carbocycles. The summed E-state index contributed by atoms with van der Waals surface area (Å²) in [6, 6.07) is 10.1. The quantitative estimate of drug-likeness (QED) is 0.459. The maximum atomic E-state index is 13.7. The van der Waals surface area contributed by atoms with Gasteiger partial charge in [-0.1, -0.05) is 47.8 Å². The summed E-state index contributed by atoms with van der Waals surface area (Å²) < 4.78 is 26.2. The number of hydrogen-bond acceptors (Lipinski definition) is 4. The average Bonchev–Trinajstić information content (AvgIpc) is 2.72. The highest BCUT2D eigenvalue weighted by Gasteiger charge is 2.33. The predicted octanol–water partition coefficient (Wildman–Crippen LogP) is 5.13. The summed E-state index contributed by atoms with van der Waals surface area (Å²) in [7, 11) is -3.84. The normalized spacial score (nSPS) is 12.7. The van der Waals surface area contributed by atoms with Crippen molar-refractivity contribution >= 4 is 62.3 Å². The number of anilines is 1. The molecular formula is C24H30Cl3N3O4S. The van der Waals surface area contributed by atoms with Gasteiger partial charge in [-0.3, -0.25) is 13.9 Å². The zero-order chi connectivity index (χ0) is 26.6. The average molecular weight is 563 g/mol. The highest BCUT2D eigenvalue weighted by atomic mass is 35.5. The molecule has 0 fully saturated rings. The fraction of sp³-hybridized carbons (Fsp3) is 0.417. The van der Waals surface area contributed by atoms with Gasteiger partial charge in [-0.2, -0.15) is 0 Å². The summed E-state index contributed by atoms with van der Waals surface area (Å²) in [5.41, 5.74) is 0.195. The number of rotatable bonds is 9. The molecule has 0 aliphatic carbocycles. The van der Waals surface area contributed by atoms with E-state index in [0.717, 1.165) is 10.6 Å². The fourth-order valence-corrected chi connectivity index (χ4v) is 4.94. The lowest BCUT2D eigenvalue weighted by Gasteiger charge is -2.34. The van der Waals surface area contributed by atoms with Crippen molar-refractivity contribution in [3.05, 3.63) is 63.1 Å². The number of sulfonamides is 1. The van der Waals surface area contributed by atoms with Gasteiger partial charge in [0, 0.05) is 32.7 Å². The largest absolute Gasteiger partial charge is 0.350 e. The third kappa shape index (κ3) is 8.27. The molecule has 0 radical (unpaired) electrons. The lowest BCUT2D eigenvalue weighted by molar-refractivity contribution is -0.141. The van der Waals surface area contributed by atoms with Gasteiger partial charge in [0.25, 0.3) is 0 Å². The first-order valence-electron chi connectivity index (χ1n) is 10.9. The van der Waals surface area contributed by atoms with Gasteiger partial charge in [-0.25, -0.2) is 8.42 Å². The van der Waals surface area contributed by atoms with Gasteiger partial charge >= 0.3 is 0 Å². The molecule has 0 heterocycles. The number of carbonyl (C=O) groups is 2. The van der Waals surface area contributed by atoms with Gasteiger partial charge in [0.2, 0.25) is 21.8 Å². The van der Waals surface area contributed by atoms with Crippen LogP contribution in [0.15, 0.2) is 42.5 Å². The minimum atomic E-state index is -3.84. The molecule has 1 atom stereocenters. The fourth-order valence-electron chi connectivity index (χ4n) is 3.45. The summed E-state index contributed by atoms with van der Waals surface area (Å²) >= 11 is 18.7. The second kappa shape index (κ2) is 11.8. The first kappa shape index (κ1) is 29.2. The van der Waals surface area contributed by atoms with Crippen molar-refractivity contribution in [2.75, 3.05) is 17.1 Å². The Labute approximate surface area is 222 Å². The van der Waals surface area contributed by atoms with Crippen molar-refractivity contribution in [1.82, 2.24) is 10.2 Å². The van der Waals surface area contributed by atoms with E-state index in [2.05, 4.69) is 5.32 Å². The van der Waals surface area contributed by atoms with Crippen molar-refractivity contribution in [3.63, 3.8) is 0 Å². The van der Waals surface area contributed by atoms with E-state index < -0.39 is 34.1 Å². The summed E-state index contributed by atoms with van der Waals surface area (Å²) in [4.78, 5) is 28.2. The Bertz CT molecular complexity index is 1150. The summed E-state index contributed by atoms with van der Waals surface area (Å²) in [5.74, 6) is -0.953. The molecule has 0 aliphatic heterocycles. The molecule has 7 nitrogen and oxygen atoms in total. The molecule has 2 amide bonds. The van der Waals surface area contributed by atoms with E-state index in [1.807, 2.05) is 20.8 Å². The van der Waals surface area contributed by atoms with Gasteiger partial charge in [0.05, 0.1) is 11.9 Å². The van der Waals surface area contributed by atoms with E-state index in [1.165, 1.54) is 29.2 Å². The Morgan fingerprint density at radius 1 is 1.00 bits per heavy atom. The van der Waals surface area contributed by atoms with Crippen LogP contribution in [0, 0.1) is 0 Å². The number of hydrogen-bond donors (Lipinski definition) is 1. The monoisotopic (exact) mass is 561 g/mol. The van der Waals surface area contributed by atoms with Crippen LogP contribution >= 0.6 is 34.8 Å². The molecule has 0 spiro atoms. The molecule has 2 aromatic rings. The zero-order valence-corrected chi connectivity index (χ0v) is 23.4. The number of benzene rings is 2. The molecule has 0 bridgehead atoms. The van der Waals surface area contributed by atoms with Gasteiger partial charge in [0.1, 0.15) is 12.6 Å². The van der Waals surface area contributed by atoms with Crippen LogP contribution < -0.4 is 9.62 Å². The van der Waals surface area contributed by atoms with Gasteiger partial charge in [-0.05, 0) is 63.6 Å². The Hall–Kier alpha value is -2.00. The van der Waals surface area contributed by atoms with Crippen LogP contribution in [-0.4, -0.2) is 49.5 Å². The highest BCUT2D eigenvalue weighted by molar-refractivity contribution is 7.92. The zero-order valence-electron chi connectivity index (χ0n) is 20.3. The molecule has 192 valence electrons. The minimum Gasteiger partial charge on any atom is -0.350 e. The predicted molar refractivity (Wildman–Crippen MR) is 143 cm³/mol. The summed E-state index contributed by atoms with van der Waals surface area (Å²) in [6.07, 6.45) is 1.29. The Morgan fingerprint density at radius 2 is 1.54 bits per heavy atom. The molecule has 0 saturated heterocycles. The lowest BCUT2D eigenvalue weighted by atomic mass is 10.1. The molecule has 0 unspecified atom stereocenters. The van der Waals surface area contributed by atoms with E-state index in [9.17, 15) is 18.0 Å². The number of halogens is 3. The highest BCUT2D eigenvalue weighted by Crippen LogP contribution is 2.28. The van der Waals surface area contributed by atoms with E-state index in [1.54, 1.807) is 25.1 Å². The first-order chi connectivity index (χ1) is 16.1. The summed E-state index contributed by atoms with van der Waals surface area (Å²) in [5, 5.41) is 3.99. The van der Waals surface area contributed by atoms with Crippen molar-refractivity contribution < 1.29 is 18.0 Å². The molecule has 11 heteroatoms. The number of carbonyl (C=O) groups excluding carboxylic acids is 2. The van der Waals surface area contributed by atoms with E-state index >= 15 is 0 Å². The van der Waals surface area contributed by atoms with E-state index in [-0.39, 0.29) is 24.6 Å². The number of amides is 2. The molecule has 0 aliphatic rings. The standard InChI is InChI=1S/C24H30Cl3N3O4S/c1-6-21(23(32)28-24(2,3)4)29(14-18-19(26)8-7-9-20(18)27)22(31)15-30(35(5,33)34)17-12-10-16(25)11-13-17/h7-13,21H,6,14-15H2,1-5H3,(H,28,32)/t21-/m0/s1. The van der Waals surface area contributed by atoms with Crippen molar-refractivity contribution in [2.24, 2.45) is 0 Å². The summed E-state index contributed by atoms with van der Waals surface area (Å²) in [6.45, 7) is 6.67. The third-order valence-corrected chi connectivity index (χ3v) is 7.17. The first-order valence-corrected chi connectivity index (χ1v) is 13.9. The number of nitrogens with zero attached hydrogens (tertiary/aromatic N) is 2. The second-order valence-corrected chi connectivity index (χ2v) is 12.3. The van der Waals surface area contributed by atoms with Crippen LogP contribution in [0.3, 0.4) is 0 Å². The Kier molecular flexibility index (Phi) is 9.87. The van der Waals surface area contributed by atoms with Crippen LogP contribution in [0.4, 0.5) is 5.69 Å². The minimum absolute atomic E-state index is 0.0777. The number of nitrogens with one attached hydrogen (secondary N) is 1. The van der Waals surface area contributed by atoms with Crippen LogP contribution in [0.1, 0.15) is 39.7 Å². The maximum Gasteiger partial charge on any atom is 0.244 e. The lowest BCUT2D eigenvalue weighted by Crippen LogP contribution is -2.55.